The summed E-state index contributed by atoms with van der Waals surface area (Å²) in [5.41, 5.74) is 5.26. The van der Waals surface area contributed by atoms with Gasteiger partial charge in [-0.05, 0) is 32.1 Å². The van der Waals surface area contributed by atoms with E-state index in [1.807, 2.05) is 6.92 Å². The molecule has 0 unspecified atom stereocenters. The molecule has 0 aliphatic carbocycles. The molecule has 0 atom stereocenters. The second-order valence-electron chi connectivity index (χ2n) is 3.18. The van der Waals surface area contributed by atoms with Crippen LogP contribution < -0.4 is 10.9 Å². The first-order chi connectivity index (χ1) is 8.19. The number of hydrogen-bond donors (Lipinski definition) is 3. The summed E-state index contributed by atoms with van der Waals surface area (Å²) in [6.45, 7) is 4.12. The van der Waals surface area contributed by atoms with Crippen molar-refractivity contribution in [3.8, 4) is 5.75 Å². The highest BCUT2D eigenvalue weighted by Crippen LogP contribution is 2.14. The SMILES string of the molecule is C/C=C(/NNC(=O)c1ccccc1O)OCC. The Bertz CT molecular complexity index is 416. The summed E-state index contributed by atoms with van der Waals surface area (Å²) < 4.78 is 5.18. The quantitative estimate of drug-likeness (QED) is 0.535. The van der Waals surface area contributed by atoms with Gasteiger partial charge in [-0.15, -0.1) is 0 Å². The fourth-order valence-corrected chi connectivity index (χ4v) is 1.20. The summed E-state index contributed by atoms with van der Waals surface area (Å²) in [5.74, 6) is -0.0383. The zero-order valence-electron chi connectivity index (χ0n) is 9.86. The Labute approximate surface area is 100 Å². The maximum atomic E-state index is 11.7. The van der Waals surface area contributed by atoms with Crippen molar-refractivity contribution in [1.82, 2.24) is 10.9 Å². The number of aromatic hydroxyl groups is 1. The van der Waals surface area contributed by atoms with Gasteiger partial charge in [0.05, 0.1) is 12.2 Å². The maximum Gasteiger partial charge on any atom is 0.273 e. The molecule has 0 aliphatic rings. The van der Waals surface area contributed by atoms with E-state index >= 15 is 0 Å². The van der Waals surface area contributed by atoms with E-state index in [9.17, 15) is 9.90 Å². The number of nitrogens with one attached hydrogen (secondary N) is 2. The number of carbonyl (C=O) groups excluding carboxylic acids is 1. The first-order valence-electron chi connectivity index (χ1n) is 5.32. The molecule has 1 aromatic carbocycles. The molecule has 0 bridgehead atoms. The smallest absolute Gasteiger partial charge is 0.273 e. The number of rotatable bonds is 5. The van der Waals surface area contributed by atoms with Crippen LogP contribution in [0.25, 0.3) is 0 Å². The van der Waals surface area contributed by atoms with Crippen LogP contribution in [-0.2, 0) is 4.74 Å². The minimum atomic E-state index is -0.429. The lowest BCUT2D eigenvalue weighted by Gasteiger charge is -2.12. The summed E-state index contributed by atoms with van der Waals surface area (Å²) in [6.07, 6.45) is 1.69. The minimum Gasteiger partial charge on any atom is -0.507 e. The highest BCUT2D eigenvalue weighted by Gasteiger charge is 2.09. The van der Waals surface area contributed by atoms with Crippen molar-refractivity contribution in [3.05, 3.63) is 41.8 Å². The number of allylic oxidation sites excluding steroid dienone is 1. The van der Waals surface area contributed by atoms with Gasteiger partial charge in [-0.25, -0.2) is 0 Å². The van der Waals surface area contributed by atoms with Gasteiger partial charge in [0.2, 0.25) is 5.88 Å². The third-order valence-electron chi connectivity index (χ3n) is 2.01. The zero-order valence-corrected chi connectivity index (χ0v) is 9.86. The van der Waals surface area contributed by atoms with Crippen molar-refractivity contribution in [2.24, 2.45) is 0 Å². The normalized spacial score (nSPS) is 10.8. The van der Waals surface area contributed by atoms with Crippen molar-refractivity contribution >= 4 is 5.91 Å². The van der Waals surface area contributed by atoms with Gasteiger partial charge in [0, 0.05) is 0 Å². The highest BCUT2D eigenvalue weighted by atomic mass is 16.5. The number of carbonyl (C=O) groups is 1. The molecule has 3 N–H and O–H groups in total. The van der Waals surface area contributed by atoms with Gasteiger partial charge in [0.1, 0.15) is 5.75 Å². The molecule has 0 spiro atoms. The molecule has 0 aliphatic heterocycles. The molecule has 5 nitrogen and oxygen atoms in total. The summed E-state index contributed by atoms with van der Waals surface area (Å²) in [5, 5.41) is 9.47. The predicted molar refractivity (Wildman–Crippen MR) is 64.1 cm³/mol. The Morgan fingerprint density at radius 2 is 2.12 bits per heavy atom. The van der Waals surface area contributed by atoms with E-state index in [1.54, 1.807) is 25.1 Å². The predicted octanol–water partition coefficient (Wildman–Crippen LogP) is 1.52. The number of hydrogen-bond acceptors (Lipinski definition) is 4. The molecular formula is C12H16N2O3. The Balaban J connectivity index is 2.59. The van der Waals surface area contributed by atoms with Crippen LogP contribution in [0.1, 0.15) is 24.2 Å². The van der Waals surface area contributed by atoms with E-state index in [0.717, 1.165) is 0 Å². The van der Waals surface area contributed by atoms with Gasteiger partial charge >= 0.3 is 0 Å². The van der Waals surface area contributed by atoms with Crippen LogP contribution >= 0.6 is 0 Å². The lowest BCUT2D eigenvalue weighted by atomic mass is 10.2. The Hall–Kier alpha value is -2.17. The average molecular weight is 236 g/mol. The molecule has 17 heavy (non-hydrogen) atoms. The fraction of sp³-hybridized carbons (Fsp3) is 0.250. The van der Waals surface area contributed by atoms with E-state index in [4.69, 9.17) is 4.74 Å². The van der Waals surface area contributed by atoms with Gasteiger partial charge < -0.3 is 9.84 Å². The topological polar surface area (TPSA) is 70.6 Å². The molecule has 0 aromatic heterocycles. The molecule has 92 valence electrons. The third-order valence-corrected chi connectivity index (χ3v) is 2.01. The second-order valence-corrected chi connectivity index (χ2v) is 3.18. The zero-order chi connectivity index (χ0) is 12.7. The van der Waals surface area contributed by atoms with Crippen molar-refractivity contribution < 1.29 is 14.6 Å². The molecule has 5 heteroatoms. The molecule has 0 radical (unpaired) electrons. The lowest BCUT2D eigenvalue weighted by Crippen LogP contribution is -2.37. The first-order valence-corrected chi connectivity index (χ1v) is 5.32. The summed E-state index contributed by atoms with van der Waals surface area (Å²) in [7, 11) is 0. The standard InChI is InChI=1S/C12H16N2O3/c1-3-11(17-4-2)13-14-12(16)9-7-5-6-8-10(9)15/h3,5-8,13,15H,4H2,1-2H3,(H,14,16)/b11-3-. The molecule has 1 aromatic rings. The van der Waals surface area contributed by atoms with E-state index in [1.165, 1.54) is 12.1 Å². The van der Waals surface area contributed by atoms with Gasteiger partial charge in [0.15, 0.2) is 0 Å². The number of benzene rings is 1. The lowest BCUT2D eigenvalue weighted by molar-refractivity contribution is 0.0913. The molecule has 0 heterocycles. The number of para-hydroxylation sites is 1. The monoisotopic (exact) mass is 236 g/mol. The maximum absolute atomic E-state index is 11.7. The van der Waals surface area contributed by atoms with Gasteiger partial charge in [-0.1, -0.05) is 12.1 Å². The largest absolute Gasteiger partial charge is 0.507 e. The van der Waals surface area contributed by atoms with E-state index in [-0.39, 0.29) is 11.3 Å². The van der Waals surface area contributed by atoms with E-state index in [0.29, 0.717) is 12.5 Å². The van der Waals surface area contributed by atoms with Crippen molar-refractivity contribution in [3.63, 3.8) is 0 Å². The summed E-state index contributed by atoms with van der Waals surface area (Å²) in [6, 6.07) is 6.31. The van der Waals surface area contributed by atoms with Crippen LogP contribution in [0.2, 0.25) is 0 Å². The van der Waals surface area contributed by atoms with E-state index < -0.39 is 5.91 Å². The van der Waals surface area contributed by atoms with Crippen molar-refractivity contribution in [2.45, 2.75) is 13.8 Å². The number of hydrazine groups is 1. The van der Waals surface area contributed by atoms with Crippen LogP contribution in [0.5, 0.6) is 5.75 Å². The highest BCUT2D eigenvalue weighted by molar-refractivity contribution is 5.96. The molecule has 1 rings (SSSR count). The van der Waals surface area contributed by atoms with Gasteiger partial charge in [-0.2, -0.15) is 0 Å². The van der Waals surface area contributed by atoms with Crippen molar-refractivity contribution in [2.75, 3.05) is 6.61 Å². The Morgan fingerprint density at radius 1 is 1.41 bits per heavy atom. The molecule has 1 amide bonds. The third kappa shape index (κ3) is 3.71. The number of phenolic OH excluding ortho intramolecular Hbond substituents is 1. The molecule has 0 saturated heterocycles. The van der Waals surface area contributed by atoms with Crippen LogP contribution in [0.15, 0.2) is 36.2 Å². The molecule has 0 fully saturated rings. The van der Waals surface area contributed by atoms with Crippen LogP contribution in [0.3, 0.4) is 0 Å². The number of phenols is 1. The van der Waals surface area contributed by atoms with Crippen molar-refractivity contribution in [1.29, 1.82) is 0 Å². The number of amides is 1. The second kappa shape index (κ2) is 6.42. The summed E-state index contributed by atoms with van der Waals surface area (Å²) >= 11 is 0. The fourth-order valence-electron chi connectivity index (χ4n) is 1.20. The average Bonchev–Trinajstić information content (AvgIpc) is 2.34. The Morgan fingerprint density at radius 3 is 2.71 bits per heavy atom. The Kier molecular flexibility index (Phi) is 4.87. The summed E-state index contributed by atoms with van der Waals surface area (Å²) in [4.78, 5) is 11.7. The van der Waals surface area contributed by atoms with Crippen LogP contribution in [0, 0.1) is 0 Å². The number of ether oxygens (including phenoxy) is 1. The van der Waals surface area contributed by atoms with Crippen LogP contribution in [-0.4, -0.2) is 17.6 Å². The van der Waals surface area contributed by atoms with Gasteiger partial charge in [-0.3, -0.25) is 15.6 Å². The molecular weight excluding hydrogens is 220 g/mol. The first kappa shape index (κ1) is 12.9. The van der Waals surface area contributed by atoms with Crippen LogP contribution in [0.4, 0.5) is 0 Å². The van der Waals surface area contributed by atoms with Gasteiger partial charge in [0.25, 0.3) is 5.91 Å². The minimum absolute atomic E-state index is 0.0646. The molecule has 0 saturated carbocycles. The van der Waals surface area contributed by atoms with E-state index in [2.05, 4.69) is 10.9 Å².